The Hall–Kier alpha value is -5.22. The van der Waals surface area contributed by atoms with Gasteiger partial charge in [0, 0.05) is 109 Å². The van der Waals surface area contributed by atoms with Crippen LogP contribution in [-0.2, 0) is 22.7 Å². The number of hydrogen-bond donors (Lipinski definition) is 6. The predicted molar refractivity (Wildman–Crippen MR) is 215 cm³/mol. The third kappa shape index (κ3) is 8.76. The Kier molecular flexibility index (Phi) is 12.5. The highest BCUT2D eigenvalue weighted by Gasteiger charge is 2.19. The van der Waals surface area contributed by atoms with Crippen molar-refractivity contribution in [2.24, 2.45) is 0 Å². The molecule has 0 radical (unpaired) electrons. The molecule has 4 heterocycles. The molecule has 0 saturated carbocycles. The molecule has 2 unspecified atom stereocenters. The number of benzene rings is 2. The lowest BCUT2D eigenvalue weighted by Gasteiger charge is -2.13. The zero-order chi connectivity index (χ0) is 40.3. The quantitative estimate of drug-likeness (QED) is 0.0726. The van der Waals surface area contributed by atoms with Gasteiger partial charge in [-0.05, 0) is 26.0 Å². The Morgan fingerprint density at radius 3 is 1.39 bits per heavy atom. The third-order valence-corrected chi connectivity index (χ3v) is 10.5. The second-order valence-electron chi connectivity index (χ2n) is 13.7. The molecule has 56 heavy (non-hydrogen) atoms. The van der Waals surface area contributed by atoms with Crippen LogP contribution in [0.25, 0.3) is 44.4 Å². The Bertz CT molecular complexity index is 2380. The standard InChI is InChI=1S/C40H42Cl2N6O8/c1-23-19-45-21-25(13-33(45)39(55)47(23)11-9-43-17-27(49)15-35(51)52)29-5-3-7-31(37(29)41)32-8-4-6-30(38(32)42)26-14-34-40(56)48(24(2)20-46(34)22-26)12-10-44-18-28(50)16-36(53)54/h3-8,13-14,19-22,27-28,43-44,49-50H,9-12,15-18H2,1-2H3,(H,51,52)(H,53,54). The van der Waals surface area contributed by atoms with E-state index in [2.05, 4.69) is 10.6 Å². The highest BCUT2D eigenvalue weighted by molar-refractivity contribution is 6.39. The van der Waals surface area contributed by atoms with Crippen molar-refractivity contribution in [1.29, 1.82) is 0 Å². The summed E-state index contributed by atoms with van der Waals surface area (Å²) in [5, 5.41) is 44.2. The van der Waals surface area contributed by atoms with Crippen LogP contribution in [-0.4, -0.2) is 88.7 Å². The van der Waals surface area contributed by atoms with Crippen molar-refractivity contribution in [2.45, 2.75) is 52.0 Å². The van der Waals surface area contributed by atoms with Crippen molar-refractivity contribution >= 4 is 46.2 Å². The monoisotopic (exact) mass is 804 g/mol. The number of nitrogens with one attached hydrogen (secondary N) is 2. The Morgan fingerprint density at radius 2 is 1.02 bits per heavy atom. The van der Waals surface area contributed by atoms with Gasteiger partial charge in [0.2, 0.25) is 0 Å². The number of aliphatic hydroxyl groups is 2. The summed E-state index contributed by atoms with van der Waals surface area (Å²) in [5.74, 6) is -2.17. The van der Waals surface area contributed by atoms with Gasteiger partial charge in [0.1, 0.15) is 11.0 Å². The lowest BCUT2D eigenvalue weighted by molar-refractivity contribution is -0.140. The van der Waals surface area contributed by atoms with E-state index in [-0.39, 0.29) is 37.0 Å². The summed E-state index contributed by atoms with van der Waals surface area (Å²) in [6.45, 7) is 5.19. The maximum Gasteiger partial charge on any atom is 0.306 e. The molecule has 0 amide bonds. The molecule has 0 bridgehead atoms. The van der Waals surface area contributed by atoms with Crippen LogP contribution in [0.1, 0.15) is 24.2 Å². The van der Waals surface area contributed by atoms with E-state index >= 15 is 0 Å². The highest BCUT2D eigenvalue weighted by atomic mass is 35.5. The van der Waals surface area contributed by atoms with Crippen molar-refractivity contribution in [2.75, 3.05) is 26.2 Å². The lowest BCUT2D eigenvalue weighted by atomic mass is 9.97. The van der Waals surface area contributed by atoms with Gasteiger partial charge < -0.3 is 49.0 Å². The second-order valence-corrected chi connectivity index (χ2v) is 14.5. The molecule has 0 aliphatic heterocycles. The van der Waals surface area contributed by atoms with E-state index in [0.717, 1.165) is 22.5 Å². The molecule has 294 valence electrons. The van der Waals surface area contributed by atoms with Crippen LogP contribution in [0.4, 0.5) is 0 Å². The van der Waals surface area contributed by atoms with Gasteiger partial charge in [0.25, 0.3) is 11.1 Å². The third-order valence-electron chi connectivity index (χ3n) is 9.64. The molecule has 2 atom stereocenters. The minimum Gasteiger partial charge on any atom is -0.481 e. The van der Waals surface area contributed by atoms with Gasteiger partial charge in [-0.15, -0.1) is 0 Å². The molecule has 0 aliphatic carbocycles. The first-order valence-electron chi connectivity index (χ1n) is 18.0. The van der Waals surface area contributed by atoms with Crippen molar-refractivity contribution in [3.05, 3.63) is 115 Å². The van der Waals surface area contributed by atoms with Crippen LogP contribution < -0.4 is 21.8 Å². The van der Waals surface area contributed by atoms with Gasteiger partial charge in [-0.2, -0.15) is 0 Å². The van der Waals surface area contributed by atoms with E-state index in [9.17, 15) is 29.4 Å². The van der Waals surface area contributed by atoms with E-state index < -0.39 is 24.1 Å². The molecule has 6 rings (SSSR count). The van der Waals surface area contributed by atoms with E-state index in [0.29, 0.717) is 69.5 Å². The highest BCUT2D eigenvalue weighted by Crippen LogP contribution is 2.42. The van der Waals surface area contributed by atoms with Crippen molar-refractivity contribution in [3.63, 3.8) is 0 Å². The SMILES string of the molecule is Cc1cn2cc(-c3cccc(-c4cccc(-c5cc6c(=O)n(CCNCC(O)CC(=O)O)c(C)cn6c5)c4Cl)c3Cl)cc2c(=O)n1CCNCC(O)CC(=O)O. The van der Waals surface area contributed by atoms with Gasteiger partial charge >= 0.3 is 11.9 Å². The van der Waals surface area contributed by atoms with Crippen LogP contribution in [0.2, 0.25) is 10.0 Å². The lowest BCUT2D eigenvalue weighted by Crippen LogP contribution is -2.33. The number of aliphatic carboxylic acids is 2. The van der Waals surface area contributed by atoms with E-state index in [1.807, 2.05) is 75.0 Å². The molecule has 6 aromatic rings. The van der Waals surface area contributed by atoms with Crippen LogP contribution >= 0.6 is 23.2 Å². The molecule has 2 aromatic carbocycles. The van der Waals surface area contributed by atoms with E-state index in [4.69, 9.17) is 33.4 Å². The first-order chi connectivity index (χ1) is 26.7. The zero-order valence-corrected chi connectivity index (χ0v) is 32.2. The van der Waals surface area contributed by atoms with Crippen LogP contribution in [0.3, 0.4) is 0 Å². The molecular weight excluding hydrogens is 763 g/mol. The number of hydrogen-bond acceptors (Lipinski definition) is 8. The number of carbonyl (C=O) groups is 2. The summed E-state index contributed by atoms with van der Waals surface area (Å²) in [5.41, 5.74) is 6.11. The number of rotatable bonds is 17. The maximum absolute atomic E-state index is 13.6. The molecule has 16 heteroatoms. The van der Waals surface area contributed by atoms with Gasteiger partial charge in [0.15, 0.2) is 0 Å². The van der Waals surface area contributed by atoms with Crippen LogP contribution in [0.5, 0.6) is 0 Å². The smallest absolute Gasteiger partial charge is 0.306 e. The van der Waals surface area contributed by atoms with E-state index in [1.165, 1.54) is 0 Å². The summed E-state index contributed by atoms with van der Waals surface area (Å²) in [4.78, 5) is 48.8. The predicted octanol–water partition coefficient (Wildman–Crippen LogP) is 4.29. The number of carboxylic acid groups (broad SMARTS) is 2. The molecular formula is C40H42Cl2N6O8. The number of fused-ring (bicyclic) bond motifs is 2. The topological polar surface area (TPSA) is 192 Å². The minimum atomic E-state index is -1.09. The molecule has 6 N–H and O–H groups in total. The number of aliphatic hydroxyl groups excluding tert-OH is 2. The normalized spacial score (nSPS) is 12.8. The van der Waals surface area contributed by atoms with Gasteiger partial charge in [-0.1, -0.05) is 59.6 Å². The molecule has 14 nitrogen and oxygen atoms in total. The summed E-state index contributed by atoms with van der Waals surface area (Å²) in [6, 6.07) is 14.8. The molecule has 4 aromatic heterocycles. The number of carboxylic acids is 2. The molecule has 0 fully saturated rings. The van der Waals surface area contributed by atoms with Crippen molar-refractivity contribution in [1.82, 2.24) is 28.6 Å². The summed E-state index contributed by atoms with van der Waals surface area (Å²) in [7, 11) is 0. The fourth-order valence-electron chi connectivity index (χ4n) is 6.90. The first kappa shape index (κ1) is 40.4. The average molecular weight is 806 g/mol. The van der Waals surface area contributed by atoms with Gasteiger partial charge in [-0.3, -0.25) is 19.2 Å². The molecule has 0 spiro atoms. The summed E-state index contributed by atoms with van der Waals surface area (Å²) in [6.07, 6.45) is 4.60. The van der Waals surface area contributed by atoms with Crippen LogP contribution in [0.15, 0.2) is 82.9 Å². The first-order valence-corrected chi connectivity index (χ1v) is 18.7. The van der Waals surface area contributed by atoms with E-state index in [1.54, 1.807) is 30.1 Å². The zero-order valence-electron chi connectivity index (χ0n) is 30.7. The van der Waals surface area contributed by atoms with Gasteiger partial charge in [0.05, 0.1) is 35.1 Å². The largest absolute Gasteiger partial charge is 0.481 e. The summed E-state index contributed by atoms with van der Waals surface area (Å²) >= 11 is 14.2. The number of aryl methyl sites for hydroxylation is 2. The number of aromatic nitrogens is 4. The number of halogens is 2. The minimum absolute atomic E-state index is 0.0924. The fourth-order valence-corrected chi connectivity index (χ4v) is 7.57. The molecule has 0 aliphatic rings. The fraction of sp³-hybridized carbons (Fsp3) is 0.300. The van der Waals surface area contributed by atoms with Crippen LogP contribution in [0, 0.1) is 13.8 Å². The Morgan fingerprint density at radius 1 is 0.643 bits per heavy atom. The maximum atomic E-state index is 13.6. The average Bonchev–Trinajstić information content (AvgIpc) is 3.75. The van der Waals surface area contributed by atoms with Crippen molar-refractivity contribution < 1.29 is 30.0 Å². The molecule has 0 saturated heterocycles. The Balaban J connectivity index is 1.24. The van der Waals surface area contributed by atoms with Gasteiger partial charge in [-0.25, -0.2) is 0 Å². The Labute approximate surface area is 330 Å². The van der Waals surface area contributed by atoms with Crippen molar-refractivity contribution in [3.8, 4) is 33.4 Å². The summed E-state index contributed by atoms with van der Waals surface area (Å²) < 4.78 is 6.78. The second kappa shape index (κ2) is 17.3. The number of nitrogens with zero attached hydrogens (tertiary/aromatic N) is 4.